The Kier molecular flexibility index (Phi) is 7.06. The molecule has 4 nitrogen and oxygen atoms in total. The van der Waals surface area contributed by atoms with Gasteiger partial charge in [0.15, 0.2) is 0 Å². The molecule has 0 heterocycles. The summed E-state index contributed by atoms with van der Waals surface area (Å²) in [4.78, 5) is 12.0. The van der Waals surface area contributed by atoms with Gasteiger partial charge in [0, 0.05) is 6.04 Å². The van der Waals surface area contributed by atoms with Crippen LogP contribution in [0.25, 0.3) is 0 Å². The van der Waals surface area contributed by atoms with Gasteiger partial charge in [0.2, 0.25) is 5.91 Å². The number of rotatable bonds is 7. The van der Waals surface area contributed by atoms with Gasteiger partial charge in [-0.1, -0.05) is 50.1 Å². The number of amides is 1. The Balaban J connectivity index is 1.70. The number of benzene rings is 1. The van der Waals surface area contributed by atoms with Crippen LogP contribution in [0.4, 0.5) is 0 Å². The highest BCUT2D eigenvalue weighted by atomic mass is 16.5. The SMILES string of the molecule is CC(CC(O)c1ccccc1)NC(=O)COC1CCCCC1C. The van der Waals surface area contributed by atoms with Gasteiger partial charge in [-0.25, -0.2) is 0 Å². The molecular formula is C19H29NO3. The Morgan fingerprint density at radius 1 is 1.30 bits per heavy atom. The molecule has 1 aliphatic carbocycles. The molecule has 1 amide bonds. The van der Waals surface area contributed by atoms with Gasteiger partial charge >= 0.3 is 0 Å². The van der Waals surface area contributed by atoms with Crippen molar-refractivity contribution < 1.29 is 14.6 Å². The van der Waals surface area contributed by atoms with E-state index in [1.807, 2.05) is 37.3 Å². The molecule has 128 valence electrons. The molecule has 1 aromatic rings. The molecule has 0 bridgehead atoms. The molecule has 2 rings (SSSR count). The first-order chi connectivity index (χ1) is 11.1. The van der Waals surface area contributed by atoms with Crippen LogP contribution < -0.4 is 5.32 Å². The first-order valence-corrected chi connectivity index (χ1v) is 8.70. The number of hydrogen-bond donors (Lipinski definition) is 2. The Hall–Kier alpha value is -1.39. The molecule has 1 fully saturated rings. The molecular weight excluding hydrogens is 290 g/mol. The van der Waals surface area contributed by atoms with Gasteiger partial charge in [-0.15, -0.1) is 0 Å². The number of carbonyl (C=O) groups is 1. The Bertz CT molecular complexity index is 477. The van der Waals surface area contributed by atoms with Crippen molar-refractivity contribution in [3.63, 3.8) is 0 Å². The van der Waals surface area contributed by atoms with Gasteiger partial charge in [-0.3, -0.25) is 4.79 Å². The smallest absolute Gasteiger partial charge is 0.246 e. The van der Waals surface area contributed by atoms with E-state index in [1.165, 1.54) is 19.3 Å². The van der Waals surface area contributed by atoms with Crippen LogP contribution in [0.5, 0.6) is 0 Å². The van der Waals surface area contributed by atoms with Crippen LogP contribution in [0, 0.1) is 5.92 Å². The summed E-state index contributed by atoms with van der Waals surface area (Å²) in [5.41, 5.74) is 0.876. The minimum absolute atomic E-state index is 0.0925. The largest absolute Gasteiger partial charge is 0.388 e. The highest BCUT2D eigenvalue weighted by Crippen LogP contribution is 2.26. The first-order valence-electron chi connectivity index (χ1n) is 8.70. The van der Waals surface area contributed by atoms with E-state index < -0.39 is 6.10 Å². The molecule has 0 spiro atoms. The van der Waals surface area contributed by atoms with Crippen LogP contribution in [0.3, 0.4) is 0 Å². The maximum Gasteiger partial charge on any atom is 0.246 e. The van der Waals surface area contributed by atoms with Crippen LogP contribution in [0.15, 0.2) is 30.3 Å². The van der Waals surface area contributed by atoms with Crippen molar-refractivity contribution in [2.45, 2.75) is 64.2 Å². The quantitative estimate of drug-likeness (QED) is 0.811. The summed E-state index contributed by atoms with van der Waals surface area (Å²) in [5, 5.41) is 13.1. The summed E-state index contributed by atoms with van der Waals surface area (Å²) >= 11 is 0. The van der Waals surface area contributed by atoms with E-state index in [1.54, 1.807) is 0 Å². The maximum atomic E-state index is 12.0. The molecule has 0 radical (unpaired) electrons. The van der Waals surface area contributed by atoms with Gasteiger partial charge in [0.05, 0.1) is 12.2 Å². The fraction of sp³-hybridized carbons (Fsp3) is 0.632. The first kappa shape index (κ1) is 18.0. The topological polar surface area (TPSA) is 58.6 Å². The van der Waals surface area contributed by atoms with E-state index in [2.05, 4.69) is 12.2 Å². The Labute approximate surface area is 139 Å². The van der Waals surface area contributed by atoms with Crippen LogP contribution in [-0.4, -0.2) is 29.8 Å². The van der Waals surface area contributed by atoms with E-state index in [0.717, 1.165) is 12.0 Å². The summed E-state index contributed by atoms with van der Waals surface area (Å²) in [7, 11) is 0. The number of carbonyl (C=O) groups excluding carboxylic acids is 1. The molecule has 1 aliphatic rings. The second-order valence-corrected chi connectivity index (χ2v) is 6.74. The molecule has 4 atom stereocenters. The molecule has 1 aromatic carbocycles. The van der Waals surface area contributed by atoms with Crippen molar-refractivity contribution >= 4 is 5.91 Å². The minimum Gasteiger partial charge on any atom is -0.388 e. The van der Waals surface area contributed by atoms with Crippen molar-refractivity contribution in [3.8, 4) is 0 Å². The van der Waals surface area contributed by atoms with E-state index >= 15 is 0 Å². The zero-order valence-corrected chi connectivity index (χ0v) is 14.2. The standard InChI is InChI=1S/C19H29NO3/c1-14-8-6-7-11-18(14)23-13-19(22)20-15(2)12-17(21)16-9-4-3-5-10-16/h3-5,9-10,14-15,17-18,21H,6-8,11-13H2,1-2H3,(H,20,22). The third-order valence-corrected chi connectivity index (χ3v) is 4.63. The van der Waals surface area contributed by atoms with Crippen LogP contribution in [-0.2, 0) is 9.53 Å². The van der Waals surface area contributed by atoms with E-state index in [9.17, 15) is 9.90 Å². The fourth-order valence-corrected chi connectivity index (χ4v) is 3.23. The lowest BCUT2D eigenvalue weighted by Crippen LogP contribution is -2.38. The highest BCUT2D eigenvalue weighted by molar-refractivity contribution is 5.77. The minimum atomic E-state index is -0.564. The summed E-state index contributed by atoms with van der Waals surface area (Å²) in [6, 6.07) is 9.43. The lowest BCUT2D eigenvalue weighted by molar-refractivity contribution is -0.130. The summed E-state index contributed by atoms with van der Waals surface area (Å²) < 4.78 is 5.77. The van der Waals surface area contributed by atoms with E-state index in [4.69, 9.17) is 4.74 Å². The summed E-state index contributed by atoms with van der Waals surface area (Å²) in [5.74, 6) is 0.435. The van der Waals surface area contributed by atoms with E-state index in [0.29, 0.717) is 12.3 Å². The normalized spacial score (nSPS) is 24.0. The predicted molar refractivity (Wildman–Crippen MR) is 91.0 cm³/mol. The summed E-state index contributed by atoms with van der Waals surface area (Å²) in [6.07, 6.45) is 4.83. The molecule has 4 unspecified atom stereocenters. The molecule has 0 aromatic heterocycles. The van der Waals surface area contributed by atoms with Crippen molar-refractivity contribution in [2.24, 2.45) is 5.92 Å². The van der Waals surface area contributed by atoms with Crippen molar-refractivity contribution in [3.05, 3.63) is 35.9 Å². The number of aliphatic hydroxyl groups is 1. The second kappa shape index (κ2) is 9.04. The average Bonchev–Trinajstić information content (AvgIpc) is 2.54. The Morgan fingerprint density at radius 2 is 2.00 bits per heavy atom. The summed E-state index contributed by atoms with van der Waals surface area (Å²) in [6.45, 7) is 4.22. The zero-order valence-electron chi connectivity index (χ0n) is 14.2. The lowest BCUT2D eigenvalue weighted by atomic mass is 9.88. The molecule has 0 saturated heterocycles. The molecule has 4 heteroatoms. The monoisotopic (exact) mass is 319 g/mol. The van der Waals surface area contributed by atoms with Gasteiger partial charge in [0.25, 0.3) is 0 Å². The Morgan fingerprint density at radius 3 is 2.70 bits per heavy atom. The van der Waals surface area contributed by atoms with Gasteiger partial charge < -0.3 is 15.2 Å². The number of ether oxygens (including phenoxy) is 1. The van der Waals surface area contributed by atoms with Crippen LogP contribution in [0.1, 0.15) is 57.6 Å². The molecule has 2 N–H and O–H groups in total. The maximum absolute atomic E-state index is 12.0. The van der Waals surface area contributed by atoms with Crippen molar-refractivity contribution in [1.29, 1.82) is 0 Å². The molecule has 0 aliphatic heterocycles. The van der Waals surface area contributed by atoms with Gasteiger partial charge in [-0.05, 0) is 37.7 Å². The van der Waals surface area contributed by atoms with Crippen molar-refractivity contribution in [1.82, 2.24) is 5.32 Å². The van der Waals surface area contributed by atoms with E-state index in [-0.39, 0.29) is 24.7 Å². The highest BCUT2D eigenvalue weighted by Gasteiger charge is 2.23. The van der Waals surface area contributed by atoms with Crippen molar-refractivity contribution in [2.75, 3.05) is 6.61 Å². The zero-order chi connectivity index (χ0) is 16.7. The average molecular weight is 319 g/mol. The molecule has 1 saturated carbocycles. The van der Waals surface area contributed by atoms with Gasteiger partial charge in [-0.2, -0.15) is 0 Å². The third kappa shape index (κ3) is 5.96. The van der Waals surface area contributed by atoms with Gasteiger partial charge in [0.1, 0.15) is 6.61 Å². The molecule has 23 heavy (non-hydrogen) atoms. The third-order valence-electron chi connectivity index (χ3n) is 4.63. The van der Waals surface area contributed by atoms with Crippen LogP contribution in [0.2, 0.25) is 0 Å². The second-order valence-electron chi connectivity index (χ2n) is 6.74. The fourth-order valence-electron chi connectivity index (χ4n) is 3.23. The number of hydrogen-bond acceptors (Lipinski definition) is 3. The predicted octanol–water partition coefficient (Wildman–Crippen LogP) is 3.21. The number of nitrogens with one attached hydrogen (secondary N) is 1. The van der Waals surface area contributed by atoms with Crippen LogP contribution >= 0.6 is 0 Å². The number of aliphatic hydroxyl groups excluding tert-OH is 1. The lowest BCUT2D eigenvalue weighted by Gasteiger charge is -2.28.